The van der Waals surface area contributed by atoms with Gasteiger partial charge in [0.05, 0.1) is 10.2 Å². The number of fused-ring (bicyclic) bond motifs is 1. The number of para-hydroxylation sites is 1. The molecule has 0 bridgehead atoms. The fourth-order valence-electron chi connectivity index (χ4n) is 2.23. The van der Waals surface area contributed by atoms with E-state index in [0.29, 0.717) is 5.52 Å². The number of imide groups is 1. The largest absolute Gasteiger partial charge is 0.308 e. The number of carbonyl (C=O) groups is 4. The predicted molar refractivity (Wildman–Crippen MR) is 91.9 cm³/mol. The molecule has 130 valence electrons. The van der Waals surface area contributed by atoms with Gasteiger partial charge in [0.1, 0.15) is 11.8 Å². The van der Waals surface area contributed by atoms with Gasteiger partial charge in [0, 0.05) is 6.42 Å². The van der Waals surface area contributed by atoms with Gasteiger partial charge in [-0.05, 0) is 12.1 Å². The summed E-state index contributed by atoms with van der Waals surface area (Å²) in [4.78, 5) is 57.8. The van der Waals surface area contributed by atoms with Crippen molar-refractivity contribution in [3.05, 3.63) is 33.9 Å². The number of aromatic nitrogens is 1. The summed E-state index contributed by atoms with van der Waals surface area (Å²) in [7, 11) is 0. The second-order valence-corrected chi connectivity index (χ2v) is 7.27. The number of thiazole rings is 1. The van der Waals surface area contributed by atoms with Gasteiger partial charge in [-0.25, -0.2) is 0 Å². The highest BCUT2D eigenvalue weighted by Gasteiger charge is 2.33. The number of amides is 4. The molecule has 2 heterocycles. The van der Waals surface area contributed by atoms with Crippen LogP contribution in [0.1, 0.15) is 6.42 Å². The Morgan fingerprint density at radius 2 is 1.84 bits per heavy atom. The summed E-state index contributed by atoms with van der Waals surface area (Å²) in [6.07, 6.45) is -0.246. The lowest BCUT2D eigenvalue weighted by Gasteiger charge is -2.09. The van der Waals surface area contributed by atoms with Gasteiger partial charge in [0.25, 0.3) is 11.1 Å². The van der Waals surface area contributed by atoms with Crippen LogP contribution >= 0.6 is 23.1 Å². The molecule has 1 atom stereocenters. The van der Waals surface area contributed by atoms with Crippen molar-refractivity contribution in [1.82, 2.24) is 20.7 Å². The summed E-state index contributed by atoms with van der Waals surface area (Å²) in [5.74, 6) is -1.73. The van der Waals surface area contributed by atoms with Crippen LogP contribution in [0.15, 0.2) is 29.1 Å². The second-order valence-electron chi connectivity index (χ2n) is 5.11. The molecule has 1 aliphatic rings. The normalized spacial score (nSPS) is 16.7. The molecule has 0 aliphatic carbocycles. The number of hydrazine groups is 1. The number of hydrogen-bond acceptors (Lipinski definition) is 7. The van der Waals surface area contributed by atoms with Gasteiger partial charge in [0.15, 0.2) is 0 Å². The van der Waals surface area contributed by atoms with Crippen molar-refractivity contribution in [2.45, 2.75) is 18.2 Å². The van der Waals surface area contributed by atoms with Gasteiger partial charge in [-0.2, -0.15) is 0 Å². The number of nitrogens with zero attached hydrogens (tertiary/aromatic N) is 1. The van der Waals surface area contributed by atoms with Crippen molar-refractivity contribution in [1.29, 1.82) is 0 Å². The quantitative estimate of drug-likeness (QED) is 0.639. The first-order valence-corrected chi connectivity index (χ1v) is 8.81. The summed E-state index contributed by atoms with van der Waals surface area (Å²) < 4.78 is 2.07. The molecule has 4 amide bonds. The molecule has 1 aromatic carbocycles. The van der Waals surface area contributed by atoms with Crippen LogP contribution in [0.25, 0.3) is 10.2 Å². The minimum Gasteiger partial charge on any atom is -0.289 e. The van der Waals surface area contributed by atoms with Gasteiger partial charge in [0.2, 0.25) is 11.8 Å². The Kier molecular flexibility index (Phi) is 4.86. The van der Waals surface area contributed by atoms with E-state index in [1.54, 1.807) is 24.3 Å². The Balaban J connectivity index is 1.55. The lowest BCUT2D eigenvalue weighted by molar-refractivity contribution is -0.130. The standard InChI is InChI=1S/C14H12N4O5S2/c19-10(5-9-12(21)15-13(22)24-9)16-17-11(20)6-18-7-3-1-2-4-8(7)25-14(18)23/h1-4,9H,5-6H2,(H,16,19)(H,17,20)(H,15,21,22). The molecule has 3 N–H and O–H groups in total. The summed E-state index contributed by atoms with van der Waals surface area (Å²) in [6.45, 7) is -0.250. The number of carbonyl (C=O) groups excluding carboxylic acids is 4. The Labute approximate surface area is 148 Å². The number of hydrogen-bond donors (Lipinski definition) is 3. The number of rotatable bonds is 4. The third-order valence-corrected chi connectivity index (χ3v) is 5.30. The fraction of sp³-hybridized carbons (Fsp3) is 0.214. The zero-order chi connectivity index (χ0) is 18.0. The van der Waals surface area contributed by atoms with Crippen molar-refractivity contribution >= 4 is 56.3 Å². The minimum atomic E-state index is -0.812. The van der Waals surface area contributed by atoms with Gasteiger partial charge in [-0.15, -0.1) is 0 Å². The Hall–Kier alpha value is -2.66. The fourth-order valence-corrected chi connectivity index (χ4v) is 3.94. The van der Waals surface area contributed by atoms with Crippen LogP contribution in [0.4, 0.5) is 4.79 Å². The summed E-state index contributed by atoms with van der Waals surface area (Å²) in [5, 5.41) is 0.755. The first kappa shape index (κ1) is 17.2. The van der Waals surface area contributed by atoms with E-state index in [1.807, 2.05) is 0 Å². The molecule has 1 aromatic heterocycles. The van der Waals surface area contributed by atoms with Crippen LogP contribution in [-0.2, 0) is 20.9 Å². The highest BCUT2D eigenvalue weighted by Crippen LogP contribution is 2.21. The van der Waals surface area contributed by atoms with Crippen molar-refractivity contribution in [2.24, 2.45) is 0 Å². The molecule has 1 unspecified atom stereocenters. The molecule has 1 aliphatic heterocycles. The number of thioether (sulfide) groups is 1. The first-order chi connectivity index (χ1) is 11.9. The average Bonchev–Trinajstić information content (AvgIpc) is 3.04. The van der Waals surface area contributed by atoms with Crippen LogP contribution in [-0.4, -0.2) is 32.8 Å². The molecule has 0 saturated carbocycles. The molecule has 25 heavy (non-hydrogen) atoms. The molecule has 1 fully saturated rings. The maximum absolute atomic E-state index is 11.9. The van der Waals surface area contributed by atoms with E-state index in [1.165, 1.54) is 4.57 Å². The minimum absolute atomic E-state index is 0.246. The Bertz CT molecular complexity index is 935. The van der Waals surface area contributed by atoms with Crippen molar-refractivity contribution in [2.75, 3.05) is 0 Å². The molecule has 2 aromatic rings. The predicted octanol–water partition coefficient (Wildman–Crippen LogP) is -0.0479. The van der Waals surface area contributed by atoms with E-state index in [4.69, 9.17) is 0 Å². The number of nitrogens with one attached hydrogen (secondary N) is 3. The molecule has 1 saturated heterocycles. The monoisotopic (exact) mass is 380 g/mol. The Morgan fingerprint density at radius 1 is 1.12 bits per heavy atom. The van der Waals surface area contributed by atoms with Crippen LogP contribution in [0.2, 0.25) is 0 Å². The summed E-state index contributed by atoms with van der Waals surface area (Å²) in [5.41, 5.74) is 5.00. The topological polar surface area (TPSA) is 126 Å². The highest BCUT2D eigenvalue weighted by molar-refractivity contribution is 8.15. The lowest BCUT2D eigenvalue weighted by atomic mass is 10.3. The molecule has 3 rings (SSSR count). The smallest absolute Gasteiger partial charge is 0.289 e. The zero-order valence-corrected chi connectivity index (χ0v) is 14.2. The van der Waals surface area contributed by atoms with Gasteiger partial charge in [-0.3, -0.25) is 44.7 Å². The number of benzene rings is 1. The maximum atomic E-state index is 11.9. The molecular formula is C14H12N4O5S2. The van der Waals surface area contributed by atoms with E-state index in [-0.39, 0.29) is 17.8 Å². The molecule has 11 heteroatoms. The highest BCUT2D eigenvalue weighted by atomic mass is 32.2. The van der Waals surface area contributed by atoms with E-state index in [2.05, 4.69) is 16.2 Å². The maximum Gasteiger partial charge on any atom is 0.308 e. The van der Waals surface area contributed by atoms with Crippen LogP contribution in [0.3, 0.4) is 0 Å². The van der Waals surface area contributed by atoms with Crippen molar-refractivity contribution in [3.63, 3.8) is 0 Å². The molecule has 9 nitrogen and oxygen atoms in total. The van der Waals surface area contributed by atoms with Gasteiger partial charge >= 0.3 is 4.87 Å². The summed E-state index contributed by atoms with van der Waals surface area (Å²) >= 11 is 1.75. The SMILES string of the molecule is O=C(CC1SC(=O)NC1=O)NNC(=O)Cn1c(=O)sc2ccccc21. The average molecular weight is 380 g/mol. The van der Waals surface area contributed by atoms with E-state index >= 15 is 0 Å². The van der Waals surface area contributed by atoms with Crippen molar-refractivity contribution in [3.8, 4) is 0 Å². The zero-order valence-electron chi connectivity index (χ0n) is 12.6. The third kappa shape index (κ3) is 3.88. The Morgan fingerprint density at radius 3 is 2.56 bits per heavy atom. The van der Waals surface area contributed by atoms with Gasteiger partial charge in [-0.1, -0.05) is 35.2 Å². The molecule has 0 spiro atoms. The molecular weight excluding hydrogens is 368 g/mol. The van der Waals surface area contributed by atoms with E-state index in [0.717, 1.165) is 27.8 Å². The lowest BCUT2D eigenvalue weighted by Crippen LogP contribution is -2.45. The van der Waals surface area contributed by atoms with E-state index in [9.17, 15) is 24.0 Å². The second kappa shape index (κ2) is 7.07. The van der Waals surface area contributed by atoms with Crippen LogP contribution in [0.5, 0.6) is 0 Å². The summed E-state index contributed by atoms with van der Waals surface area (Å²) in [6, 6.07) is 7.07. The van der Waals surface area contributed by atoms with Gasteiger partial charge < -0.3 is 0 Å². The first-order valence-electron chi connectivity index (χ1n) is 7.11. The van der Waals surface area contributed by atoms with Crippen LogP contribution < -0.4 is 21.0 Å². The van der Waals surface area contributed by atoms with E-state index < -0.39 is 28.2 Å². The molecule has 0 radical (unpaired) electrons. The third-order valence-electron chi connectivity index (χ3n) is 3.35. The van der Waals surface area contributed by atoms with Crippen LogP contribution in [0, 0.1) is 0 Å². The van der Waals surface area contributed by atoms with Crippen molar-refractivity contribution < 1.29 is 19.2 Å².